The van der Waals surface area contributed by atoms with E-state index in [0.717, 1.165) is 12.8 Å². The first-order valence-corrected chi connectivity index (χ1v) is 7.92. The molecule has 1 aromatic carbocycles. The van der Waals surface area contributed by atoms with E-state index >= 15 is 0 Å². The Balaban J connectivity index is 2.52. The highest BCUT2D eigenvalue weighted by Gasteiger charge is 2.24. The topological polar surface area (TPSA) is 70.2 Å². The molecule has 128 valence electrons. The molecule has 0 atom stereocenters. The molecule has 0 bridgehead atoms. The van der Waals surface area contributed by atoms with Crippen LogP contribution in [0.5, 0.6) is 0 Å². The summed E-state index contributed by atoms with van der Waals surface area (Å²) in [5.74, 6) is -0.874. The Bertz CT molecular complexity index is 564. The maximum Gasteiger partial charge on any atom is 0.321 e. The van der Waals surface area contributed by atoms with Crippen molar-refractivity contribution in [3.05, 3.63) is 34.6 Å². The Morgan fingerprint density at radius 1 is 1.30 bits per heavy atom. The number of unbranched alkanes of at least 4 members (excludes halogenated alkanes) is 1. The molecule has 0 aliphatic rings. The van der Waals surface area contributed by atoms with Crippen molar-refractivity contribution in [3.63, 3.8) is 0 Å². The quantitative estimate of drug-likeness (QED) is 0.667. The van der Waals surface area contributed by atoms with E-state index in [-0.39, 0.29) is 11.6 Å². The summed E-state index contributed by atoms with van der Waals surface area (Å²) >= 11 is 6.04. The fourth-order valence-corrected chi connectivity index (χ4v) is 2.39. The molecule has 3 N–H and O–H groups in total. The zero-order chi connectivity index (χ0) is 17.5. The fourth-order valence-electron chi connectivity index (χ4n) is 1.99. The van der Waals surface area contributed by atoms with Crippen molar-refractivity contribution in [3.8, 4) is 0 Å². The molecular formula is C16H23ClFN3O2. The normalized spacial score (nSPS) is 11.2. The van der Waals surface area contributed by atoms with Crippen LogP contribution in [0.4, 0.5) is 9.18 Å². The van der Waals surface area contributed by atoms with Crippen molar-refractivity contribution in [2.24, 2.45) is 0 Å². The molecule has 0 radical (unpaired) electrons. The molecule has 0 saturated heterocycles. The van der Waals surface area contributed by atoms with Crippen LogP contribution in [0, 0.1) is 5.82 Å². The molecule has 0 saturated carbocycles. The zero-order valence-corrected chi connectivity index (χ0v) is 14.4. The van der Waals surface area contributed by atoms with Crippen molar-refractivity contribution < 1.29 is 14.0 Å². The first-order valence-electron chi connectivity index (χ1n) is 7.54. The van der Waals surface area contributed by atoms with Crippen molar-refractivity contribution >= 4 is 23.5 Å². The number of hydrogen-bond acceptors (Lipinski definition) is 3. The van der Waals surface area contributed by atoms with Gasteiger partial charge in [-0.25, -0.2) is 9.18 Å². The first-order chi connectivity index (χ1) is 10.8. The molecule has 0 spiro atoms. The molecule has 0 unspecified atom stereocenters. The van der Waals surface area contributed by atoms with Gasteiger partial charge < -0.3 is 5.32 Å². The Morgan fingerprint density at radius 3 is 2.61 bits per heavy atom. The van der Waals surface area contributed by atoms with Crippen LogP contribution in [0.2, 0.25) is 5.02 Å². The number of imide groups is 1. The van der Waals surface area contributed by atoms with Gasteiger partial charge in [0.15, 0.2) is 0 Å². The average Bonchev–Trinajstić information content (AvgIpc) is 2.45. The highest BCUT2D eigenvalue weighted by molar-refractivity contribution is 6.31. The molecule has 0 heterocycles. The van der Waals surface area contributed by atoms with Gasteiger partial charge in [-0.3, -0.25) is 15.4 Å². The number of benzene rings is 1. The van der Waals surface area contributed by atoms with Gasteiger partial charge in [0.1, 0.15) is 5.82 Å². The second-order valence-electron chi connectivity index (χ2n) is 5.76. The lowest BCUT2D eigenvalue weighted by Gasteiger charge is -2.27. The summed E-state index contributed by atoms with van der Waals surface area (Å²) in [6.07, 6.45) is 1.82. The minimum atomic E-state index is -0.652. The highest BCUT2D eigenvalue weighted by atomic mass is 35.5. The third-order valence-corrected chi connectivity index (χ3v) is 3.68. The molecule has 0 aromatic heterocycles. The van der Waals surface area contributed by atoms with Crippen molar-refractivity contribution in [2.75, 3.05) is 13.1 Å². The number of hydrogen-bond donors (Lipinski definition) is 3. The number of carbonyl (C=O) groups excluding carboxylic acids is 2. The monoisotopic (exact) mass is 343 g/mol. The van der Waals surface area contributed by atoms with Gasteiger partial charge >= 0.3 is 6.03 Å². The number of nitrogens with one attached hydrogen (secondary N) is 3. The second-order valence-corrected chi connectivity index (χ2v) is 6.17. The number of rotatable bonds is 7. The van der Waals surface area contributed by atoms with Gasteiger partial charge in [0.05, 0.1) is 6.54 Å². The second kappa shape index (κ2) is 8.84. The van der Waals surface area contributed by atoms with Gasteiger partial charge in [-0.2, -0.15) is 0 Å². The van der Waals surface area contributed by atoms with Crippen LogP contribution in [0.3, 0.4) is 0 Å². The van der Waals surface area contributed by atoms with Gasteiger partial charge in [0.2, 0.25) is 5.91 Å². The smallest absolute Gasteiger partial charge is 0.321 e. The number of amides is 3. The number of carbonyl (C=O) groups is 2. The summed E-state index contributed by atoms with van der Waals surface area (Å²) in [5.41, 5.74) is 0.0154. The molecule has 3 amide bonds. The maximum absolute atomic E-state index is 13.1. The van der Waals surface area contributed by atoms with Crippen LogP contribution in [-0.4, -0.2) is 25.0 Å². The Morgan fingerprint density at radius 2 is 2.00 bits per heavy atom. The SMILES string of the molecule is CCCCNC(=O)NC(=O)CNC(C)(C)c1ccc(F)cc1Cl. The lowest BCUT2D eigenvalue weighted by atomic mass is 9.94. The summed E-state index contributed by atoms with van der Waals surface area (Å²) < 4.78 is 13.1. The van der Waals surface area contributed by atoms with E-state index in [2.05, 4.69) is 16.0 Å². The average molecular weight is 344 g/mol. The highest BCUT2D eigenvalue weighted by Crippen LogP contribution is 2.28. The molecular weight excluding hydrogens is 321 g/mol. The molecule has 0 aliphatic carbocycles. The van der Waals surface area contributed by atoms with Gasteiger partial charge in [0.25, 0.3) is 0 Å². The van der Waals surface area contributed by atoms with E-state index in [4.69, 9.17) is 11.6 Å². The molecule has 0 fully saturated rings. The van der Waals surface area contributed by atoms with Crippen molar-refractivity contribution in [1.82, 2.24) is 16.0 Å². The lowest BCUT2D eigenvalue weighted by molar-refractivity contribution is -0.119. The largest absolute Gasteiger partial charge is 0.338 e. The summed E-state index contributed by atoms with van der Waals surface area (Å²) in [7, 11) is 0. The zero-order valence-electron chi connectivity index (χ0n) is 13.6. The summed E-state index contributed by atoms with van der Waals surface area (Å²) in [4.78, 5) is 23.3. The first kappa shape index (κ1) is 19.4. The van der Waals surface area contributed by atoms with Crippen molar-refractivity contribution in [1.29, 1.82) is 0 Å². The summed E-state index contributed by atoms with van der Waals surface area (Å²) in [6, 6.07) is 3.59. The van der Waals surface area contributed by atoms with E-state index in [9.17, 15) is 14.0 Å². The van der Waals surface area contributed by atoms with Gasteiger partial charge in [0, 0.05) is 17.1 Å². The van der Waals surface area contributed by atoms with Crippen LogP contribution in [0.15, 0.2) is 18.2 Å². The predicted molar refractivity (Wildman–Crippen MR) is 88.9 cm³/mol. The molecule has 23 heavy (non-hydrogen) atoms. The third-order valence-electron chi connectivity index (χ3n) is 3.36. The van der Waals surface area contributed by atoms with E-state index in [1.807, 2.05) is 20.8 Å². The predicted octanol–water partition coefficient (Wildman–Crippen LogP) is 2.93. The van der Waals surface area contributed by atoms with Crippen LogP contribution >= 0.6 is 11.6 Å². The van der Waals surface area contributed by atoms with Crippen LogP contribution in [0.25, 0.3) is 0 Å². The standard InChI is InChI=1S/C16H23ClFN3O2/c1-4-5-8-19-15(23)21-14(22)10-20-16(2,3)12-7-6-11(18)9-13(12)17/h6-7,9,20H,4-5,8,10H2,1-3H3,(H2,19,21,22,23). The number of halogens is 2. The lowest BCUT2D eigenvalue weighted by Crippen LogP contribution is -2.47. The molecule has 0 aliphatic heterocycles. The summed E-state index contributed by atoms with van der Waals surface area (Å²) in [6.45, 7) is 6.11. The Labute approximate surface area is 141 Å². The van der Waals surface area contributed by atoms with Crippen molar-refractivity contribution in [2.45, 2.75) is 39.2 Å². The Kier molecular flexibility index (Phi) is 7.45. The minimum Gasteiger partial charge on any atom is -0.338 e. The maximum atomic E-state index is 13.1. The molecule has 7 heteroatoms. The van der Waals surface area contributed by atoms with Gasteiger partial charge in [-0.15, -0.1) is 0 Å². The number of urea groups is 1. The van der Waals surface area contributed by atoms with E-state index in [1.165, 1.54) is 12.1 Å². The van der Waals surface area contributed by atoms with Crippen LogP contribution in [0.1, 0.15) is 39.2 Å². The van der Waals surface area contributed by atoms with Gasteiger partial charge in [-0.1, -0.05) is 31.0 Å². The minimum absolute atomic E-state index is 0.0676. The third kappa shape index (κ3) is 6.54. The molecule has 5 nitrogen and oxygen atoms in total. The summed E-state index contributed by atoms with van der Waals surface area (Å²) in [5, 5.41) is 8.13. The van der Waals surface area contributed by atoms with E-state index < -0.39 is 23.3 Å². The fraction of sp³-hybridized carbons (Fsp3) is 0.500. The van der Waals surface area contributed by atoms with Crippen LogP contribution < -0.4 is 16.0 Å². The van der Waals surface area contributed by atoms with Crippen LogP contribution in [-0.2, 0) is 10.3 Å². The van der Waals surface area contributed by atoms with E-state index in [0.29, 0.717) is 12.1 Å². The Hall–Kier alpha value is -1.66. The molecule has 1 rings (SSSR count). The molecule has 1 aromatic rings. The van der Waals surface area contributed by atoms with E-state index in [1.54, 1.807) is 6.07 Å². The van der Waals surface area contributed by atoms with Gasteiger partial charge in [-0.05, 0) is 38.0 Å².